The van der Waals surface area contributed by atoms with Gasteiger partial charge in [-0.2, -0.15) is 0 Å². The van der Waals surface area contributed by atoms with Gasteiger partial charge in [0.15, 0.2) is 0 Å². The van der Waals surface area contributed by atoms with Gasteiger partial charge in [0.1, 0.15) is 6.04 Å². The molecule has 0 aliphatic carbocycles. The van der Waals surface area contributed by atoms with Crippen LogP contribution in [0.1, 0.15) is 19.8 Å². The van der Waals surface area contributed by atoms with Gasteiger partial charge < -0.3 is 10.1 Å². The van der Waals surface area contributed by atoms with Crippen LogP contribution in [-0.2, 0) is 14.3 Å². The summed E-state index contributed by atoms with van der Waals surface area (Å²) >= 11 is 0. The van der Waals surface area contributed by atoms with Crippen LogP contribution in [0.2, 0.25) is 0 Å². The molecular weight excluding hydrogens is 184 g/mol. The van der Waals surface area contributed by atoms with Crippen molar-refractivity contribution in [2.24, 2.45) is 0 Å². The van der Waals surface area contributed by atoms with Crippen molar-refractivity contribution in [2.45, 2.75) is 25.8 Å². The van der Waals surface area contributed by atoms with Gasteiger partial charge in [-0.1, -0.05) is 13.3 Å². The van der Waals surface area contributed by atoms with Crippen molar-refractivity contribution in [1.82, 2.24) is 10.2 Å². The number of hydrogen-bond acceptors (Lipinski definition) is 4. The lowest BCUT2D eigenvalue weighted by atomic mass is 10.1. The maximum absolute atomic E-state index is 11.4. The minimum Gasteiger partial charge on any atom is -0.468 e. The topological polar surface area (TPSA) is 58.6 Å². The van der Waals surface area contributed by atoms with E-state index in [0.717, 1.165) is 12.8 Å². The van der Waals surface area contributed by atoms with E-state index >= 15 is 0 Å². The first-order valence-corrected chi connectivity index (χ1v) is 4.77. The number of nitrogens with zero attached hydrogens (tertiary/aromatic N) is 1. The second-order valence-corrected chi connectivity index (χ2v) is 3.33. The zero-order valence-electron chi connectivity index (χ0n) is 8.58. The molecule has 0 aromatic carbocycles. The molecule has 1 aliphatic heterocycles. The van der Waals surface area contributed by atoms with E-state index in [0.29, 0.717) is 13.2 Å². The van der Waals surface area contributed by atoms with Crippen LogP contribution in [0.5, 0.6) is 0 Å². The Bertz CT molecular complexity index is 230. The first kappa shape index (κ1) is 11.0. The molecule has 0 radical (unpaired) electrons. The van der Waals surface area contributed by atoms with E-state index in [2.05, 4.69) is 5.32 Å². The lowest BCUT2D eigenvalue weighted by molar-refractivity contribution is -0.146. The molecule has 1 unspecified atom stereocenters. The highest BCUT2D eigenvalue weighted by molar-refractivity contribution is 5.82. The number of nitrogens with one attached hydrogen (secondary N) is 1. The largest absolute Gasteiger partial charge is 0.468 e. The van der Waals surface area contributed by atoms with E-state index in [1.807, 2.05) is 6.92 Å². The predicted molar refractivity (Wildman–Crippen MR) is 50.4 cm³/mol. The molecule has 0 aromatic heterocycles. The predicted octanol–water partition coefficient (Wildman–Crippen LogP) is -0.283. The second-order valence-electron chi connectivity index (χ2n) is 3.33. The van der Waals surface area contributed by atoms with Gasteiger partial charge in [0.2, 0.25) is 5.91 Å². The maximum atomic E-state index is 11.4. The third-order valence-electron chi connectivity index (χ3n) is 2.30. The van der Waals surface area contributed by atoms with Crippen molar-refractivity contribution in [2.75, 3.05) is 20.3 Å². The van der Waals surface area contributed by atoms with Crippen molar-refractivity contribution in [3.8, 4) is 0 Å². The summed E-state index contributed by atoms with van der Waals surface area (Å²) in [5.74, 6) is -0.293. The van der Waals surface area contributed by atoms with Crippen molar-refractivity contribution in [1.29, 1.82) is 0 Å². The molecule has 5 nitrogen and oxygen atoms in total. The molecule has 14 heavy (non-hydrogen) atoms. The van der Waals surface area contributed by atoms with Gasteiger partial charge in [-0.15, -0.1) is 0 Å². The number of methoxy groups -OCH3 is 1. The quantitative estimate of drug-likeness (QED) is 0.634. The Morgan fingerprint density at radius 1 is 1.71 bits per heavy atom. The van der Waals surface area contributed by atoms with Gasteiger partial charge in [0.05, 0.1) is 20.3 Å². The van der Waals surface area contributed by atoms with Gasteiger partial charge in [-0.05, 0) is 6.42 Å². The summed E-state index contributed by atoms with van der Waals surface area (Å²) < 4.78 is 4.69. The average Bonchev–Trinajstić information content (AvgIpc) is 2.60. The molecule has 0 saturated carbocycles. The molecule has 1 amide bonds. The summed E-state index contributed by atoms with van der Waals surface area (Å²) in [6.07, 6.45) is 1.62. The van der Waals surface area contributed by atoms with E-state index in [1.54, 1.807) is 4.90 Å². The highest BCUT2D eigenvalue weighted by atomic mass is 16.5. The van der Waals surface area contributed by atoms with E-state index in [1.165, 1.54) is 7.11 Å². The van der Waals surface area contributed by atoms with Crippen LogP contribution in [0.15, 0.2) is 0 Å². The van der Waals surface area contributed by atoms with Crippen LogP contribution < -0.4 is 5.32 Å². The SMILES string of the molecule is CCCC(C(=O)OC)N1CNC(=O)C1. The maximum Gasteiger partial charge on any atom is 0.323 e. The van der Waals surface area contributed by atoms with Gasteiger partial charge in [0, 0.05) is 0 Å². The zero-order chi connectivity index (χ0) is 10.6. The number of carbonyl (C=O) groups is 2. The number of esters is 1. The third kappa shape index (κ3) is 2.45. The molecule has 0 bridgehead atoms. The summed E-state index contributed by atoms with van der Waals surface area (Å²) in [7, 11) is 1.37. The smallest absolute Gasteiger partial charge is 0.323 e. The van der Waals surface area contributed by atoms with Crippen LogP contribution in [0.3, 0.4) is 0 Å². The van der Waals surface area contributed by atoms with Crippen molar-refractivity contribution in [3.63, 3.8) is 0 Å². The number of ether oxygens (including phenoxy) is 1. The number of hydrogen-bond donors (Lipinski definition) is 1. The van der Waals surface area contributed by atoms with Crippen molar-refractivity contribution < 1.29 is 14.3 Å². The molecule has 5 heteroatoms. The van der Waals surface area contributed by atoms with E-state index in [4.69, 9.17) is 4.74 Å². The van der Waals surface area contributed by atoms with Crippen LogP contribution in [0, 0.1) is 0 Å². The molecule has 1 heterocycles. The lowest BCUT2D eigenvalue weighted by Gasteiger charge is -2.22. The number of carbonyl (C=O) groups excluding carboxylic acids is 2. The summed E-state index contributed by atoms with van der Waals surface area (Å²) in [4.78, 5) is 24.2. The van der Waals surface area contributed by atoms with E-state index in [9.17, 15) is 9.59 Å². The molecule has 0 aromatic rings. The minimum absolute atomic E-state index is 0.0324. The Morgan fingerprint density at radius 2 is 2.43 bits per heavy atom. The first-order valence-electron chi connectivity index (χ1n) is 4.77. The molecule has 0 spiro atoms. The highest BCUT2D eigenvalue weighted by Crippen LogP contribution is 2.10. The fourth-order valence-electron chi connectivity index (χ4n) is 1.57. The van der Waals surface area contributed by atoms with Crippen LogP contribution in [-0.4, -0.2) is 43.1 Å². The molecule has 1 N–H and O–H groups in total. The Labute approximate surface area is 83.4 Å². The molecule has 80 valence electrons. The normalized spacial score (nSPS) is 19.1. The van der Waals surface area contributed by atoms with Gasteiger partial charge in [-0.25, -0.2) is 0 Å². The van der Waals surface area contributed by atoms with Crippen LogP contribution >= 0.6 is 0 Å². The van der Waals surface area contributed by atoms with Gasteiger partial charge in [0.25, 0.3) is 0 Å². The lowest BCUT2D eigenvalue weighted by Crippen LogP contribution is -2.41. The molecular formula is C9H16N2O3. The molecule has 1 aliphatic rings. The molecule has 1 fully saturated rings. The van der Waals surface area contributed by atoms with Crippen LogP contribution in [0.4, 0.5) is 0 Å². The van der Waals surface area contributed by atoms with E-state index in [-0.39, 0.29) is 17.9 Å². The third-order valence-corrected chi connectivity index (χ3v) is 2.30. The van der Waals surface area contributed by atoms with Crippen molar-refractivity contribution >= 4 is 11.9 Å². The number of amides is 1. The Kier molecular flexibility index (Phi) is 3.88. The van der Waals surface area contributed by atoms with Gasteiger partial charge >= 0.3 is 5.97 Å². The molecule has 1 atom stereocenters. The Morgan fingerprint density at radius 3 is 2.86 bits per heavy atom. The zero-order valence-corrected chi connectivity index (χ0v) is 8.58. The monoisotopic (exact) mass is 200 g/mol. The summed E-state index contributed by atoms with van der Waals surface area (Å²) in [6.45, 7) is 2.74. The van der Waals surface area contributed by atoms with Gasteiger partial charge in [-0.3, -0.25) is 14.5 Å². The minimum atomic E-state index is -0.288. The standard InChI is InChI=1S/C9H16N2O3/c1-3-4-7(9(13)14-2)11-5-8(12)10-6-11/h7H,3-6H2,1-2H3,(H,10,12). The first-order chi connectivity index (χ1) is 6.69. The van der Waals surface area contributed by atoms with Crippen LogP contribution in [0.25, 0.3) is 0 Å². The fraction of sp³-hybridized carbons (Fsp3) is 0.778. The molecule has 1 saturated heterocycles. The summed E-state index contributed by atoms with van der Waals surface area (Å²) in [5.41, 5.74) is 0. The van der Waals surface area contributed by atoms with Crippen molar-refractivity contribution in [3.05, 3.63) is 0 Å². The summed E-state index contributed by atoms with van der Waals surface area (Å²) in [6, 6.07) is -0.288. The van der Waals surface area contributed by atoms with E-state index < -0.39 is 0 Å². The average molecular weight is 200 g/mol. The summed E-state index contributed by atoms with van der Waals surface area (Å²) in [5, 5.41) is 2.67. The molecule has 1 rings (SSSR count). The fourth-order valence-corrected chi connectivity index (χ4v) is 1.57. The number of rotatable bonds is 4. The second kappa shape index (κ2) is 4.95. The highest BCUT2D eigenvalue weighted by Gasteiger charge is 2.31. The Hall–Kier alpha value is -1.10. The Balaban J connectivity index is 2.57.